The predicted molar refractivity (Wildman–Crippen MR) is 74.0 cm³/mol. The van der Waals surface area contributed by atoms with Gasteiger partial charge in [0.2, 0.25) is 0 Å². The van der Waals surface area contributed by atoms with Gasteiger partial charge in [0.05, 0.1) is 7.11 Å². The van der Waals surface area contributed by atoms with E-state index in [2.05, 4.69) is 6.58 Å². The Labute approximate surface area is 107 Å². The van der Waals surface area contributed by atoms with E-state index in [1.165, 1.54) is 5.56 Å². The standard InChI is InChI=1S/C16H16O2/c1-11-4-6-13(7-5-11)12(2)15-10-14(18-3)8-9-16(15)17/h4-10,17H,2H2,1,3H3. The van der Waals surface area contributed by atoms with Gasteiger partial charge in [-0.3, -0.25) is 0 Å². The van der Waals surface area contributed by atoms with Crippen LogP contribution in [0.25, 0.3) is 5.57 Å². The second-order valence-electron chi connectivity index (χ2n) is 4.23. The van der Waals surface area contributed by atoms with Gasteiger partial charge in [-0.2, -0.15) is 0 Å². The number of phenolic OH excluding ortho intramolecular Hbond substituents is 1. The molecule has 0 saturated carbocycles. The maximum atomic E-state index is 9.90. The monoisotopic (exact) mass is 240 g/mol. The minimum Gasteiger partial charge on any atom is -0.507 e. The highest BCUT2D eigenvalue weighted by Gasteiger charge is 2.08. The number of rotatable bonds is 3. The minimum absolute atomic E-state index is 0.210. The van der Waals surface area contributed by atoms with Gasteiger partial charge in [-0.05, 0) is 36.3 Å². The lowest BCUT2D eigenvalue weighted by Gasteiger charge is -2.10. The van der Waals surface area contributed by atoms with E-state index in [0.29, 0.717) is 11.3 Å². The Bertz CT molecular complexity index is 568. The third-order valence-electron chi connectivity index (χ3n) is 2.93. The van der Waals surface area contributed by atoms with Crippen LogP contribution in [-0.2, 0) is 0 Å². The summed E-state index contributed by atoms with van der Waals surface area (Å²) in [5.74, 6) is 0.914. The van der Waals surface area contributed by atoms with E-state index in [-0.39, 0.29) is 5.75 Å². The Morgan fingerprint density at radius 3 is 2.39 bits per heavy atom. The first-order valence-electron chi connectivity index (χ1n) is 5.75. The second kappa shape index (κ2) is 4.96. The van der Waals surface area contributed by atoms with E-state index in [9.17, 15) is 5.11 Å². The molecule has 0 aliphatic carbocycles. The Morgan fingerprint density at radius 1 is 1.11 bits per heavy atom. The molecule has 2 heteroatoms. The SMILES string of the molecule is C=C(c1ccc(C)cc1)c1cc(OC)ccc1O. The van der Waals surface area contributed by atoms with Crippen LogP contribution < -0.4 is 4.74 Å². The highest BCUT2D eigenvalue weighted by atomic mass is 16.5. The summed E-state index contributed by atoms with van der Waals surface area (Å²) in [4.78, 5) is 0. The lowest BCUT2D eigenvalue weighted by atomic mass is 9.98. The van der Waals surface area contributed by atoms with Gasteiger partial charge in [0.15, 0.2) is 0 Å². The summed E-state index contributed by atoms with van der Waals surface area (Å²) < 4.78 is 5.16. The summed E-state index contributed by atoms with van der Waals surface area (Å²) in [5.41, 5.74) is 3.66. The van der Waals surface area contributed by atoms with Crippen molar-refractivity contribution in [1.29, 1.82) is 0 Å². The third-order valence-corrected chi connectivity index (χ3v) is 2.93. The van der Waals surface area contributed by atoms with Crippen molar-refractivity contribution >= 4 is 5.57 Å². The summed E-state index contributed by atoms with van der Waals surface area (Å²) in [6, 6.07) is 13.2. The zero-order valence-corrected chi connectivity index (χ0v) is 10.6. The highest BCUT2D eigenvalue weighted by Crippen LogP contribution is 2.32. The lowest BCUT2D eigenvalue weighted by Crippen LogP contribution is -1.90. The summed E-state index contributed by atoms with van der Waals surface area (Å²) in [5, 5.41) is 9.90. The van der Waals surface area contributed by atoms with Crippen LogP contribution in [0.5, 0.6) is 11.5 Å². The number of hydrogen-bond acceptors (Lipinski definition) is 2. The predicted octanol–water partition coefficient (Wildman–Crippen LogP) is 3.77. The van der Waals surface area contributed by atoms with Gasteiger partial charge in [-0.25, -0.2) is 0 Å². The molecule has 0 unspecified atom stereocenters. The van der Waals surface area contributed by atoms with Gasteiger partial charge in [-0.1, -0.05) is 36.4 Å². The average Bonchev–Trinajstić information content (AvgIpc) is 2.39. The van der Waals surface area contributed by atoms with Crippen molar-refractivity contribution in [3.63, 3.8) is 0 Å². The molecule has 0 radical (unpaired) electrons. The molecule has 0 aliphatic rings. The molecule has 0 bridgehead atoms. The first-order valence-corrected chi connectivity index (χ1v) is 5.75. The fourth-order valence-corrected chi connectivity index (χ4v) is 1.79. The number of methoxy groups -OCH3 is 1. The van der Waals surface area contributed by atoms with Crippen LogP contribution in [0, 0.1) is 6.92 Å². The van der Waals surface area contributed by atoms with Crippen LogP contribution >= 0.6 is 0 Å². The van der Waals surface area contributed by atoms with Crippen molar-refractivity contribution in [2.24, 2.45) is 0 Å². The summed E-state index contributed by atoms with van der Waals surface area (Å²) >= 11 is 0. The Kier molecular flexibility index (Phi) is 3.38. The molecule has 2 aromatic rings. The number of hydrogen-bond donors (Lipinski definition) is 1. The van der Waals surface area contributed by atoms with E-state index in [0.717, 1.165) is 11.1 Å². The molecule has 0 fully saturated rings. The zero-order chi connectivity index (χ0) is 13.1. The molecule has 0 amide bonds. The van der Waals surface area contributed by atoms with Gasteiger partial charge in [0.25, 0.3) is 0 Å². The van der Waals surface area contributed by atoms with E-state index in [1.807, 2.05) is 31.2 Å². The van der Waals surface area contributed by atoms with Crippen LogP contribution in [0.2, 0.25) is 0 Å². The minimum atomic E-state index is 0.210. The number of ether oxygens (including phenoxy) is 1. The number of aromatic hydroxyl groups is 1. The molecule has 0 aliphatic heterocycles. The van der Waals surface area contributed by atoms with E-state index < -0.39 is 0 Å². The van der Waals surface area contributed by atoms with E-state index >= 15 is 0 Å². The van der Waals surface area contributed by atoms with Crippen LogP contribution in [0.15, 0.2) is 49.0 Å². The smallest absolute Gasteiger partial charge is 0.123 e. The average molecular weight is 240 g/mol. The topological polar surface area (TPSA) is 29.5 Å². The highest BCUT2D eigenvalue weighted by molar-refractivity contribution is 5.81. The summed E-state index contributed by atoms with van der Waals surface area (Å²) in [7, 11) is 1.60. The van der Waals surface area contributed by atoms with Gasteiger partial charge in [0, 0.05) is 5.56 Å². The van der Waals surface area contributed by atoms with Crippen molar-refractivity contribution < 1.29 is 9.84 Å². The molecule has 2 aromatic carbocycles. The third kappa shape index (κ3) is 2.38. The largest absolute Gasteiger partial charge is 0.507 e. The zero-order valence-electron chi connectivity index (χ0n) is 10.6. The quantitative estimate of drug-likeness (QED) is 0.884. The first-order chi connectivity index (χ1) is 8.61. The van der Waals surface area contributed by atoms with Gasteiger partial charge in [-0.15, -0.1) is 0 Å². The fraction of sp³-hybridized carbons (Fsp3) is 0.125. The number of phenols is 1. The Morgan fingerprint density at radius 2 is 1.78 bits per heavy atom. The number of benzene rings is 2. The lowest BCUT2D eigenvalue weighted by molar-refractivity contribution is 0.412. The van der Waals surface area contributed by atoms with Crippen LogP contribution in [0.3, 0.4) is 0 Å². The molecule has 0 heterocycles. The molecule has 2 nitrogen and oxygen atoms in total. The number of aryl methyl sites for hydroxylation is 1. The van der Waals surface area contributed by atoms with Crippen molar-refractivity contribution in [1.82, 2.24) is 0 Å². The van der Waals surface area contributed by atoms with Crippen LogP contribution in [0.4, 0.5) is 0 Å². The Hall–Kier alpha value is -2.22. The maximum absolute atomic E-state index is 9.90. The van der Waals surface area contributed by atoms with Crippen LogP contribution in [-0.4, -0.2) is 12.2 Å². The molecule has 0 saturated heterocycles. The maximum Gasteiger partial charge on any atom is 0.123 e. The second-order valence-corrected chi connectivity index (χ2v) is 4.23. The molecule has 18 heavy (non-hydrogen) atoms. The molecular formula is C16H16O2. The Balaban J connectivity index is 2.42. The molecular weight excluding hydrogens is 224 g/mol. The van der Waals surface area contributed by atoms with Gasteiger partial charge in [0.1, 0.15) is 11.5 Å². The van der Waals surface area contributed by atoms with Crippen LogP contribution in [0.1, 0.15) is 16.7 Å². The molecule has 1 N–H and O–H groups in total. The van der Waals surface area contributed by atoms with Crippen molar-refractivity contribution in [2.75, 3.05) is 7.11 Å². The molecule has 0 atom stereocenters. The van der Waals surface area contributed by atoms with E-state index in [1.54, 1.807) is 25.3 Å². The van der Waals surface area contributed by atoms with Gasteiger partial charge >= 0.3 is 0 Å². The van der Waals surface area contributed by atoms with Crippen molar-refractivity contribution in [3.8, 4) is 11.5 Å². The van der Waals surface area contributed by atoms with Crippen molar-refractivity contribution in [3.05, 3.63) is 65.7 Å². The first kappa shape index (κ1) is 12.2. The summed E-state index contributed by atoms with van der Waals surface area (Å²) in [6.07, 6.45) is 0. The normalized spacial score (nSPS) is 10.1. The fourth-order valence-electron chi connectivity index (χ4n) is 1.79. The van der Waals surface area contributed by atoms with Gasteiger partial charge < -0.3 is 9.84 Å². The molecule has 92 valence electrons. The van der Waals surface area contributed by atoms with Crippen molar-refractivity contribution in [2.45, 2.75) is 6.92 Å². The van der Waals surface area contributed by atoms with E-state index in [4.69, 9.17) is 4.74 Å². The molecule has 0 spiro atoms. The molecule has 0 aromatic heterocycles. The summed E-state index contributed by atoms with van der Waals surface area (Å²) in [6.45, 7) is 6.08. The molecule has 2 rings (SSSR count).